The second kappa shape index (κ2) is 8.10. The zero-order valence-electron chi connectivity index (χ0n) is 13.1. The molecule has 1 aliphatic rings. The van der Waals surface area contributed by atoms with E-state index in [-0.39, 0.29) is 29.4 Å². The molecule has 0 bridgehead atoms. The van der Waals surface area contributed by atoms with Gasteiger partial charge in [-0.1, -0.05) is 12.8 Å². The van der Waals surface area contributed by atoms with Gasteiger partial charge in [-0.05, 0) is 43.5 Å². The number of hydrogen-bond donors (Lipinski definition) is 2. The van der Waals surface area contributed by atoms with Gasteiger partial charge in [0.1, 0.15) is 0 Å². The number of ether oxygens (including phenoxy) is 2. The number of halogens is 2. The molecule has 23 heavy (non-hydrogen) atoms. The van der Waals surface area contributed by atoms with Crippen molar-refractivity contribution in [3.8, 4) is 11.5 Å². The van der Waals surface area contributed by atoms with Crippen LogP contribution < -0.4 is 20.5 Å². The second-order valence-electron chi connectivity index (χ2n) is 5.60. The van der Waals surface area contributed by atoms with Crippen LogP contribution in [0.5, 0.6) is 11.5 Å². The first-order valence-corrected chi connectivity index (χ1v) is 7.69. The van der Waals surface area contributed by atoms with Gasteiger partial charge in [0.05, 0.1) is 7.11 Å². The fourth-order valence-corrected chi connectivity index (χ4v) is 2.93. The van der Waals surface area contributed by atoms with E-state index in [2.05, 4.69) is 10.1 Å². The molecule has 0 heterocycles. The Labute approximate surface area is 134 Å². The zero-order chi connectivity index (χ0) is 16.8. The predicted molar refractivity (Wildman–Crippen MR) is 81.9 cm³/mol. The minimum Gasteiger partial charge on any atom is -0.493 e. The lowest BCUT2D eigenvalue weighted by Gasteiger charge is -2.31. The quantitative estimate of drug-likeness (QED) is 0.842. The summed E-state index contributed by atoms with van der Waals surface area (Å²) in [5.41, 5.74) is 6.10. The molecule has 1 amide bonds. The number of nitrogens with one attached hydrogen (secondary N) is 1. The van der Waals surface area contributed by atoms with Crippen LogP contribution in [-0.4, -0.2) is 32.2 Å². The molecule has 0 radical (unpaired) electrons. The van der Waals surface area contributed by atoms with Gasteiger partial charge >= 0.3 is 6.61 Å². The van der Waals surface area contributed by atoms with Crippen molar-refractivity contribution >= 4 is 5.91 Å². The molecule has 1 aromatic carbocycles. The largest absolute Gasteiger partial charge is 0.493 e. The summed E-state index contributed by atoms with van der Waals surface area (Å²) in [7, 11) is 1.33. The molecule has 0 saturated heterocycles. The summed E-state index contributed by atoms with van der Waals surface area (Å²) in [6, 6.07) is 4.19. The minimum absolute atomic E-state index is 0.0456. The second-order valence-corrected chi connectivity index (χ2v) is 5.60. The minimum atomic E-state index is -2.95. The van der Waals surface area contributed by atoms with E-state index in [1.54, 1.807) is 0 Å². The highest BCUT2D eigenvalue weighted by Crippen LogP contribution is 2.30. The summed E-state index contributed by atoms with van der Waals surface area (Å²) in [5.74, 6) is 0.00167. The van der Waals surface area contributed by atoms with Gasteiger partial charge < -0.3 is 20.5 Å². The molecule has 0 aliphatic heterocycles. The van der Waals surface area contributed by atoms with E-state index in [0.717, 1.165) is 25.7 Å². The molecule has 0 aromatic heterocycles. The molecule has 7 heteroatoms. The third kappa shape index (κ3) is 4.54. The molecule has 2 unspecified atom stereocenters. The van der Waals surface area contributed by atoms with Crippen molar-refractivity contribution in [2.24, 2.45) is 11.7 Å². The molecule has 1 saturated carbocycles. The van der Waals surface area contributed by atoms with Gasteiger partial charge in [0.15, 0.2) is 11.5 Å². The van der Waals surface area contributed by atoms with Crippen LogP contribution in [0.25, 0.3) is 0 Å². The van der Waals surface area contributed by atoms with Gasteiger partial charge in [-0.2, -0.15) is 8.78 Å². The highest BCUT2D eigenvalue weighted by Gasteiger charge is 2.26. The molecule has 3 N–H and O–H groups in total. The van der Waals surface area contributed by atoms with E-state index in [1.165, 1.54) is 25.3 Å². The Kier molecular flexibility index (Phi) is 6.15. The SMILES string of the molecule is COc1cc(C(=O)NC2CCCCC2CN)ccc1OC(F)F. The van der Waals surface area contributed by atoms with Gasteiger partial charge in [0.2, 0.25) is 0 Å². The highest BCUT2D eigenvalue weighted by molar-refractivity contribution is 5.95. The number of alkyl halides is 2. The van der Waals surface area contributed by atoms with Crippen molar-refractivity contribution in [3.63, 3.8) is 0 Å². The van der Waals surface area contributed by atoms with E-state index >= 15 is 0 Å². The molecular formula is C16H22F2N2O3. The maximum atomic E-state index is 12.4. The third-order valence-electron chi connectivity index (χ3n) is 4.17. The molecule has 1 fully saturated rings. The van der Waals surface area contributed by atoms with Gasteiger partial charge in [0.25, 0.3) is 5.91 Å². The monoisotopic (exact) mass is 328 g/mol. The summed E-state index contributed by atoms with van der Waals surface area (Å²) in [5, 5.41) is 2.98. The molecule has 0 spiro atoms. The molecule has 1 aliphatic carbocycles. The van der Waals surface area contributed by atoms with Crippen LogP contribution in [-0.2, 0) is 0 Å². The van der Waals surface area contributed by atoms with Crippen molar-refractivity contribution in [2.45, 2.75) is 38.3 Å². The standard InChI is InChI=1S/C16H22F2N2O3/c1-22-14-8-10(6-7-13(14)23-16(17)18)15(21)20-12-5-3-2-4-11(12)9-19/h6-8,11-12,16H,2-5,9,19H2,1H3,(H,20,21). The zero-order valence-corrected chi connectivity index (χ0v) is 13.1. The summed E-state index contributed by atoms with van der Waals surface area (Å²) in [4.78, 5) is 12.4. The Bertz CT molecular complexity index is 540. The fourth-order valence-electron chi connectivity index (χ4n) is 2.93. The van der Waals surface area contributed by atoms with Crippen LogP contribution in [0.4, 0.5) is 8.78 Å². The van der Waals surface area contributed by atoms with Crippen LogP contribution in [0.1, 0.15) is 36.0 Å². The Balaban J connectivity index is 2.09. The summed E-state index contributed by atoms with van der Waals surface area (Å²) in [6.45, 7) is -2.41. The van der Waals surface area contributed by atoms with E-state index < -0.39 is 6.61 Å². The van der Waals surface area contributed by atoms with Crippen LogP contribution in [0.3, 0.4) is 0 Å². The highest BCUT2D eigenvalue weighted by atomic mass is 19.3. The maximum Gasteiger partial charge on any atom is 0.387 e. The molecule has 1 aromatic rings. The Morgan fingerprint density at radius 3 is 2.74 bits per heavy atom. The maximum absolute atomic E-state index is 12.4. The van der Waals surface area contributed by atoms with Crippen LogP contribution in [0.2, 0.25) is 0 Å². The van der Waals surface area contributed by atoms with E-state index in [1.807, 2.05) is 0 Å². The van der Waals surface area contributed by atoms with Gasteiger partial charge in [-0.25, -0.2) is 0 Å². The summed E-state index contributed by atoms with van der Waals surface area (Å²) in [6.07, 6.45) is 4.09. The van der Waals surface area contributed by atoms with Crippen molar-refractivity contribution in [3.05, 3.63) is 23.8 Å². The number of carbonyl (C=O) groups is 1. The fraction of sp³-hybridized carbons (Fsp3) is 0.562. The van der Waals surface area contributed by atoms with Crippen molar-refractivity contribution in [1.82, 2.24) is 5.32 Å². The van der Waals surface area contributed by atoms with Crippen LogP contribution in [0.15, 0.2) is 18.2 Å². The first-order valence-electron chi connectivity index (χ1n) is 7.69. The summed E-state index contributed by atoms with van der Waals surface area (Å²) < 4.78 is 34.0. The van der Waals surface area contributed by atoms with Gasteiger partial charge in [0, 0.05) is 11.6 Å². The number of carbonyl (C=O) groups excluding carboxylic acids is 1. The third-order valence-corrected chi connectivity index (χ3v) is 4.17. The Morgan fingerprint density at radius 2 is 2.09 bits per heavy atom. The molecule has 2 rings (SSSR count). The molecule has 128 valence electrons. The molecule has 5 nitrogen and oxygen atoms in total. The Hall–Kier alpha value is -1.89. The first-order chi connectivity index (χ1) is 11.0. The number of methoxy groups -OCH3 is 1. The Morgan fingerprint density at radius 1 is 1.35 bits per heavy atom. The number of benzene rings is 1. The first kappa shape index (κ1) is 17.5. The van der Waals surface area contributed by atoms with Crippen molar-refractivity contribution in [1.29, 1.82) is 0 Å². The van der Waals surface area contributed by atoms with Crippen molar-refractivity contribution < 1.29 is 23.0 Å². The molecule has 2 atom stereocenters. The van der Waals surface area contributed by atoms with Gasteiger partial charge in [-0.15, -0.1) is 0 Å². The summed E-state index contributed by atoms with van der Waals surface area (Å²) >= 11 is 0. The number of nitrogens with two attached hydrogens (primary N) is 1. The van der Waals surface area contributed by atoms with Gasteiger partial charge in [-0.3, -0.25) is 4.79 Å². The van der Waals surface area contributed by atoms with Crippen LogP contribution >= 0.6 is 0 Å². The number of amides is 1. The average molecular weight is 328 g/mol. The van der Waals surface area contributed by atoms with E-state index in [9.17, 15) is 13.6 Å². The van der Waals surface area contributed by atoms with Crippen molar-refractivity contribution in [2.75, 3.05) is 13.7 Å². The predicted octanol–water partition coefficient (Wildman–Crippen LogP) is 2.54. The lowest BCUT2D eigenvalue weighted by Crippen LogP contribution is -2.44. The normalized spacial score (nSPS) is 21.1. The number of hydrogen-bond acceptors (Lipinski definition) is 4. The lowest BCUT2D eigenvalue weighted by atomic mass is 9.84. The smallest absolute Gasteiger partial charge is 0.387 e. The topological polar surface area (TPSA) is 73.6 Å². The van der Waals surface area contributed by atoms with E-state index in [4.69, 9.17) is 10.5 Å². The number of rotatable bonds is 6. The lowest BCUT2D eigenvalue weighted by molar-refractivity contribution is -0.0512. The molecular weight excluding hydrogens is 306 g/mol. The van der Waals surface area contributed by atoms with Crippen LogP contribution in [0, 0.1) is 5.92 Å². The van der Waals surface area contributed by atoms with E-state index in [0.29, 0.717) is 12.1 Å². The average Bonchev–Trinajstić information content (AvgIpc) is 2.55.